The zero-order valence-corrected chi connectivity index (χ0v) is 13.3. The van der Waals surface area contributed by atoms with Gasteiger partial charge in [-0.05, 0) is 51.7 Å². The topological polar surface area (TPSA) is 40.6 Å². The Labute approximate surface area is 131 Å². The average molecular weight is 355 g/mol. The van der Waals surface area contributed by atoms with Crippen LogP contribution in [0.5, 0.6) is 0 Å². The smallest absolute Gasteiger partial charge is 0.246 e. The molecule has 0 saturated carbocycles. The summed E-state index contributed by atoms with van der Waals surface area (Å²) in [4.78, 5) is 26.5. The minimum Gasteiger partial charge on any atom is -0.336 e. The van der Waals surface area contributed by atoms with Crippen molar-refractivity contribution in [2.75, 3.05) is 20.1 Å². The molecule has 6 heteroatoms. The number of likely N-dealkylation sites (N-methyl/N-ethyl adjacent to an activating group) is 1. The molecule has 0 fully saturated rings. The van der Waals surface area contributed by atoms with Gasteiger partial charge in [-0.15, -0.1) is 0 Å². The number of rotatable bonds is 3. The van der Waals surface area contributed by atoms with Gasteiger partial charge in [0.05, 0.1) is 11.0 Å². The number of hydrogen-bond acceptors (Lipinski definition) is 2. The van der Waals surface area contributed by atoms with Crippen molar-refractivity contribution in [1.82, 2.24) is 9.80 Å². The molecular formula is C15H16BrFN2O2. The summed E-state index contributed by atoms with van der Waals surface area (Å²) in [5.74, 6) is -0.778. The number of fused-ring (bicyclic) bond motifs is 1. The molecule has 4 nitrogen and oxygen atoms in total. The molecule has 0 bridgehead atoms. The van der Waals surface area contributed by atoms with Gasteiger partial charge in [-0.2, -0.15) is 0 Å². The molecule has 0 aromatic heterocycles. The maximum Gasteiger partial charge on any atom is 0.246 e. The summed E-state index contributed by atoms with van der Waals surface area (Å²) in [5, 5.41) is 0. The summed E-state index contributed by atoms with van der Waals surface area (Å²) in [5.41, 5.74) is 1.86. The van der Waals surface area contributed by atoms with Crippen molar-refractivity contribution in [3.05, 3.63) is 46.2 Å². The van der Waals surface area contributed by atoms with E-state index in [0.29, 0.717) is 24.0 Å². The van der Waals surface area contributed by atoms with Crippen LogP contribution in [0.25, 0.3) is 0 Å². The van der Waals surface area contributed by atoms with E-state index in [1.54, 1.807) is 18.0 Å². The SMILES string of the molecule is C=CC(=O)N(C)CC(=O)N1CCc2cc(Br)c(F)cc2C1. The van der Waals surface area contributed by atoms with Crippen molar-refractivity contribution < 1.29 is 14.0 Å². The highest BCUT2D eigenvalue weighted by atomic mass is 79.9. The normalized spacial score (nSPS) is 13.6. The molecule has 0 N–H and O–H groups in total. The molecule has 2 amide bonds. The molecule has 0 saturated heterocycles. The summed E-state index contributed by atoms with van der Waals surface area (Å²) in [6.07, 6.45) is 1.85. The molecule has 2 rings (SSSR count). The Morgan fingerprint density at radius 2 is 2.19 bits per heavy atom. The monoisotopic (exact) mass is 354 g/mol. The maximum atomic E-state index is 13.6. The maximum absolute atomic E-state index is 13.6. The minimum atomic E-state index is -0.331. The van der Waals surface area contributed by atoms with Crippen LogP contribution in [0.4, 0.5) is 4.39 Å². The highest BCUT2D eigenvalue weighted by Crippen LogP contribution is 2.25. The van der Waals surface area contributed by atoms with E-state index >= 15 is 0 Å². The second-order valence-electron chi connectivity index (χ2n) is 5.00. The van der Waals surface area contributed by atoms with Gasteiger partial charge in [-0.25, -0.2) is 4.39 Å². The zero-order chi connectivity index (χ0) is 15.6. The lowest BCUT2D eigenvalue weighted by Crippen LogP contribution is -2.43. The first-order valence-corrected chi connectivity index (χ1v) is 7.33. The van der Waals surface area contributed by atoms with Crippen LogP contribution in [-0.2, 0) is 22.6 Å². The van der Waals surface area contributed by atoms with Crippen molar-refractivity contribution in [3.8, 4) is 0 Å². The number of benzene rings is 1. The van der Waals surface area contributed by atoms with E-state index in [1.165, 1.54) is 17.0 Å². The first-order valence-electron chi connectivity index (χ1n) is 6.54. The second kappa shape index (κ2) is 6.39. The van der Waals surface area contributed by atoms with Gasteiger partial charge in [0.2, 0.25) is 11.8 Å². The van der Waals surface area contributed by atoms with Gasteiger partial charge in [0.1, 0.15) is 5.82 Å². The van der Waals surface area contributed by atoms with Gasteiger partial charge in [0.25, 0.3) is 0 Å². The van der Waals surface area contributed by atoms with E-state index in [4.69, 9.17) is 0 Å². The van der Waals surface area contributed by atoms with E-state index in [2.05, 4.69) is 22.5 Å². The van der Waals surface area contributed by atoms with E-state index in [-0.39, 0.29) is 24.2 Å². The minimum absolute atomic E-state index is 0.000797. The first kappa shape index (κ1) is 15.7. The Bertz CT molecular complexity index is 604. The fraction of sp³-hybridized carbons (Fsp3) is 0.333. The zero-order valence-electron chi connectivity index (χ0n) is 11.7. The Balaban J connectivity index is 2.07. The van der Waals surface area contributed by atoms with E-state index < -0.39 is 0 Å². The summed E-state index contributed by atoms with van der Waals surface area (Å²) in [7, 11) is 1.55. The predicted molar refractivity (Wildman–Crippen MR) is 81.1 cm³/mol. The third-order valence-electron chi connectivity index (χ3n) is 3.53. The Kier molecular flexibility index (Phi) is 4.77. The number of carbonyl (C=O) groups is 2. The molecule has 1 aromatic carbocycles. The third-order valence-corrected chi connectivity index (χ3v) is 4.14. The number of amides is 2. The molecule has 0 unspecified atom stereocenters. The first-order chi connectivity index (χ1) is 9.92. The summed E-state index contributed by atoms with van der Waals surface area (Å²) < 4.78 is 14.0. The van der Waals surface area contributed by atoms with E-state index in [0.717, 1.165) is 11.1 Å². The number of hydrogen-bond donors (Lipinski definition) is 0. The molecule has 112 valence electrons. The fourth-order valence-electron chi connectivity index (χ4n) is 2.30. The van der Waals surface area contributed by atoms with Crippen molar-refractivity contribution in [2.45, 2.75) is 13.0 Å². The molecule has 1 aliphatic rings. The van der Waals surface area contributed by atoms with Gasteiger partial charge in [-0.1, -0.05) is 6.58 Å². The van der Waals surface area contributed by atoms with Crippen molar-refractivity contribution in [2.24, 2.45) is 0 Å². The Morgan fingerprint density at radius 3 is 2.86 bits per heavy atom. The van der Waals surface area contributed by atoms with Gasteiger partial charge >= 0.3 is 0 Å². The van der Waals surface area contributed by atoms with Crippen LogP contribution in [0.15, 0.2) is 29.3 Å². The van der Waals surface area contributed by atoms with Crippen LogP contribution in [0.1, 0.15) is 11.1 Å². The molecule has 0 aliphatic carbocycles. The molecule has 1 aliphatic heterocycles. The Morgan fingerprint density at radius 1 is 1.48 bits per heavy atom. The lowest BCUT2D eigenvalue weighted by molar-refractivity contribution is -0.137. The third kappa shape index (κ3) is 3.50. The van der Waals surface area contributed by atoms with Crippen LogP contribution >= 0.6 is 15.9 Å². The average Bonchev–Trinajstić information content (AvgIpc) is 2.46. The molecule has 0 atom stereocenters. The summed E-state index contributed by atoms with van der Waals surface area (Å²) >= 11 is 3.17. The molecular weight excluding hydrogens is 339 g/mol. The second-order valence-corrected chi connectivity index (χ2v) is 5.85. The molecule has 1 heterocycles. The molecule has 21 heavy (non-hydrogen) atoms. The van der Waals surface area contributed by atoms with Crippen molar-refractivity contribution >= 4 is 27.7 Å². The molecule has 1 aromatic rings. The van der Waals surface area contributed by atoms with Gasteiger partial charge in [0.15, 0.2) is 0 Å². The largest absolute Gasteiger partial charge is 0.336 e. The predicted octanol–water partition coefficient (Wildman–Crippen LogP) is 2.12. The van der Waals surface area contributed by atoms with Crippen molar-refractivity contribution in [3.63, 3.8) is 0 Å². The quantitative estimate of drug-likeness (QED) is 0.780. The van der Waals surface area contributed by atoms with Gasteiger partial charge in [-0.3, -0.25) is 9.59 Å². The lowest BCUT2D eigenvalue weighted by atomic mass is 9.99. The summed E-state index contributed by atoms with van der Waals surface area (Å²) in [6, 6.07) is 3.22. The fourth-order valence-corrected chi connectivity index (χ4v) is 2.69. The highest BCUT2D eigenvalue weighted by Gasteiger charge is 2.23. The number of halogens is 2. The van der Waals surface area contributed by atoms with Crippen LogP contribution in [0.3, 0.4) is 0 Å². The van der Waals surface area contributed by atoms with E-state index in [9.17, 15) is 14.0 Å². The van der Waals surface area contributed by atoms with Crippen LogP contribution in [0, 0.1) is 5.82 Å². The lowest BCUT2D eigenvalue weighted by Gasteiger charge is -2.30. The van der Waals surface area contributed by atoms with Crippen LogP contribution in [-0.4, -0.2) is 41.8 Å². The van der Waals surface area contributed by atoms with Gasteiger partial charge < -0.3 is 9.80 Å². The summed E-state index contributed by atoms with van der Waals surface area (Å²) in [6.45, 7) is 4.33. The Hall–Kier alpha value is -1.69. The van der Waals surface area contributed by atoms with Gasteiger partial charge in [0, 0.05) is 20.1 Å². The van der Waals surface area contributed by atoms with Crippen LogP contribution < -0.4 is 0 Å². The van der Waals surface area contributed by atoms with E-state index in [1.807, 2.05) is 0 Å². The van der Waals surface area contributed by atoms with Crippen molar-refractivity contribution in [1.29, 1.82) is 0 Å². The highest BCUT2D eigenvalue weighted by molar-refractivity contribution is 9.10. The number of carbonyl (C=O) groups excluding carboxylic acids is 2. The molecule has 0 radical (unpaired) electrons. The van der Waals surface area contributed by atoms with Crippen LogP contribution in [0.2, 0.25) is 0 Å². The molecule has 0 spiro atoms. The standard InChI is InChI=1S/C15H16BrFN2O2/c1-3-14(20)18(2)9-15(21)19-5-4-10-6-12(16)13(17)7-11(10)8-19/h3,6-7H,1,4-5,8-9H2,2H3. The number of nitrogens with zero attached hydrogens (tertiary/aromatic N) is 2.